The van der Waals surface area contributed by atoms with Gasteiger partial charge in [0.2, 0.25) is 0 Å². The van der Waals surface area contributed by atoms with Gasteiger partial charge in [0, 0.05) is 30.5 Å². The van der Waals surface area contributed by atoms with Gasteiger partial charge in [0.25, 0.3) is 5.91 Å². The molecular formula is C18H21ClN2O3. The Kier molecular flexibility index (Phi) is 6.17. The summed E-state index contributed by atoms with van der Waals surface area (Å²) in [6.07, 6.45) is 2.65. The number of aliphatic hydroxyl groups is 1. The number of pyridine rings is 1. The number of carbonyl (C=O) groups is 1. The highest BCUT2D eigenvalue weighted by Gasteiger charge is 2.21. The molecule has 0 aliphatic carbocycles. The van der Waals surface area contributed by atoms with Crippen LogP contribution in [0.25, 0.3) is 0 Å². The Morgan fingerprint density at radius 2 is 1.92 bits per heavy atom. The maximum absolute atomic E-state index is 12.7. The molecule has 2 rings (SSSR count). The lowest BCUT2D eigenvalue weighted by Crippen LogP contribution is -2.41. The lowest BCUT2D eigenvalue weighted by Gasteiger charge is -2.28. The van der Waals surface area contributed by atoms with E-state index in [1.54, 1.807) is 54.5 Å². The van der Waals surface area contributed by atoms with Gasteiger partial charge in [-0.05, 0) is 51.1 Å². The molecule has 1 aromatic carbocycles. The van der Waals surface area contributed by atoms with Gasteiger partial charge in [0.1, 0.15) is 11.5 Å². The molecule has 0 bridgehead atoms. The van der Waals surface area contributed by atoms with E-state index < -0.39 is 6.10 Å². The van der Waals surface area contributed by atoms with Crippen LogP contribution in [0, 0.1) is 0 Å². The van der Waals surface area contributed by atoms with E-state index in [1.165, 1.54) is 0 Å². The van der Waals surface area contributed by atoms with E-state index in [9.17, 15) is 9.90 Å². The van der Waals surface area contributed by atoms with Crippen LogP contribution in [-0.2, 0) is 0 Å². The van der Waals surface area contributed by atoms with E-state index in [-0.39, 0.29) is 18.5 Å². The van der Waals surface area contributed by atoms with Crippen molar-refractivity contribution in [2.45, 2.75) is 32.9 Å². The highest BCUT2D eigenvalue weighted by atomic mass is 35.5. The Morgan fingerprint density at radius 3 is 2.46 bits per heavy atom. The molecule has 24 heavy (non-hydrogen) atoms. The molecule has 0 saturated heterocycles. The molecule has 1 unspecified atom stereocenters. The Hall–Kier alpha value is -2.11. The van der Waals surface area contributed by atoms with Gasteiger partial charge in [0.05, 0.1) is 11.1 Å². The van der Waals surface area contributed by atoms with Gasteiger partial charge in [-0.3, -0.25) is 9.78 Å². The number of aromatic nitrogens is 1. The Bertz CT molecular complexity index is 690. The van der Waals surface area contributed by atoms with Gasteiger partial charge in [-0.15, -0.1) is 0 Å². The molecule has 0 spiro atoms. The van der Waals surface area contributed by atoms with Gasteiger partial charge in [-0.2, -0.15) is 0 Å². The zero-order valence-electron chi connectivity index (χ0n) is 13.9. The zero-order chi connectivity index (χ0) is 17.7. The molecule has 0 aliphatic heterocycles. The summed E-state index contributed by atoms with van der Waals surface area (Å²) >= 11 is 6.25. The monoisotopic (exact) mass is 348 g/mol. The van der Waals surface area contributed by atoms with Crippen LogP contribution in [0.3, 0.4) is 0 Å². The molecule has 2 aromatic rings. The van der Waals surface area contributed by atoms with E-state index in [2.05, 4.69) is 4.98 Å². The van der Waals surface area contributed by atoms with Crippen molar-refractivity contribution in [1.29, 1.82) is 0 Å². The Morgan fingerprint density at radius 1 is 1.25 bits per heavy atom. The molecule has 6 heteroatoms. The number of nitrogens with zero attached hydrogens (tertiary/aromatic N) is 2. The van der Waals surface area contributed by atoms with E-state index >= 15 is 0 Å². The van der Waals surface area contributed by atoms with Crippen molar-refractivity contribution in [1.82, 2.24) is 9.88 Å². The van der Waals surface area contributed by atoms with Crippen LogP contribution in [-0.4, -0.2) is 39.6 Å². The number of benzene rings is 1. The van der Waals surface area contributed by atoms with Crippen LogP contribution in [0.5, 0.6) is 11.5 Å². The summed E-state index contributed by atoms with van der Waals surface area (Å²) < 4.78 is 5.68. The van der Waals surface area contributed by atoms with Crippen molar-refractivity contribution in [3.63, 3.8) is 0 Å². The summed E-state index contributed by atoms with van der Waals surface area (Å²) in [5, 5.41) is 9.93. The second-order valence-electron chi connectivity index (χ2n) is 5.83. The third-order valence-corrected chi connectivity index (χ3v) is 3.70. The molecule has 1 aromatic heterocycles. The third kappa shape index (κ3) is 4.69. The van der Waals surface area contributed by atoms with E-state index in [4.69, 9.17) is 16.3 Å². The first kappa shape index (κ1) is 18.2. The average molecular weight is 349 g/mol. The molecule has 128 valence electrons. The largest absolute Gasteiger partial charge is 0.456 e. The topological polar surface area (TPSA) is 62.7 Å². The van der Waals surface area contributed by atoms with Crippen molar-refractivity contribution >= 4 is 17.5 Å². The lowest BCUT2D eigenvalue weighted by atomic mass is 10.1. The van der Waals surface area contributed by atoms with Crippen LogP contribution >= 0.6 is 11.6 Å². The molecule has 0 saturated carbocycles. The molecule has 0 radical (unpaired) electrons. The second-order valence-corrected chi connectivity index (χ2v) is 6.24. The third-order valence-electron chi connectivity index (χ3n) is 3.40. The SMILES string of the molecule is CC(O)CN(C(=O)c1ccc(Oc2ccncc2)c(Cl)c1)C(C)C. The minimum atomic E-state index is -0.596. The first-order chi connectivity index (χ1) is 11.4. The fraction of sp³-hybridized carbons (Fsp3) is 0.333. The second kappa shape index (κ2) is 8.13. The van der Waals surface area contributed by atoms with E-state index in [0.29, 0.717) is 22.1 Å². The van der Waals surface area contributed by atoms with E-state index in [0.717, 1.165) is 0 Å². The van der Waals surface area contributed by atoms with Gasteiger partial charge in [-0.25, -0.2) is 0 Å². The van der Waals surface area contributed by atoms with Crippen LogP contribution in [0.15, 0.2) is 42.7 Å². The van der Waals surface area contributed by atoms with Crippen LogP contribution in [0.2, 0.25) is 5.02 Å². The van der Waals surface area contributed by atoms with Crippen molar-refractivity contribution in [2.75, 3.05) is 6.54 Å². The maximum Gasteiger partial charge on any atom is 0.254 e. The summed E-state index contributed by atoms with van der Waals surface area (Å²) in [6.45, 7) is 5.73. The molecule has 0 aliphatic rings. The smallest absolute Gasteiger partial charge is 0.254 e. The van der Waals surface area contributed by atoms with E-state index in [1.807, 2.05) is 13.8 Å². The number of hydrogen-bond acceptors (Lipinski definition) is 4. The minimum absolute atomic E-state index is 0.0291. The van der Waals surface area contributed by atoms with Crippen LogP contribution in [0.4, 0.5) is 0 Å². The number of halogens is 1. The van der Waals surface area contributed by atoms with Crippen LogP contribution in [0.1, 0.15) is 31.1 Å². The van der Waals surface area contributed by atoms with Gasteiger partial charge >= 0.3 is 0 Å². The number of carbonyl (C=O) groups excluding carboxylic acids is 1. The molecule has 1 atom stereocenters. The molecule has 1 heterocycles. The number of aliphatic hydroxyl groups excluding tert-OH is 1. The molecular weight excluding hydrogens is 328 g/mol. The molecule has 5 nitrogen and oxygen atoms in total. The fourth-order valence-electron chi connectivity index (χ4n) is 2.23. The number of hydrogen-bond donors (Lipinski definition) is 1. The van der Waals surface area contributed by atoms with Crippen molar-refractivity contribution in [2.24, 2.45) is 0 Å². The first-order valence-corrected chi connectivity index (χ1v) is 8.12. The van der Waals surface area contributed by atoms with Gasteiger partial charge in [-0.1, -0.05) is 11.6 Å². The summed E-state index contributed by atoms with van der Waals surface area (Å²) in [4.78, 5) is 18.2. The van der Waals surface area contributed by atoms with Gasteiger partial charge in [0.15, 0.2) is 0 Å². The lowest BCUT2D eigenvalue weighted by molar-refractivity contribution is 0.0579. The molecule has 0 fully saturated rings. The van der Waals surface area contributed by atoms with Crippen molar-refractivity contribution in [3.8, 4) is 11.5 Å². The Labute approximate surface area is 146 Å². The zero-order valence-corrected chi connectivity index (χ0v) is 14.7. The predicted octanol–water partition coefficient (Wildman–Crippen LogP) is 3.76. The maximum atomic E-state index is 12.7. The first-order valence-electron chi connectivity index (χ1n) is 7.75. The summed E-state index contributed by atoms with van der Waals surface area (Å²) in [5.74, 6) is 0.901. The minimum Gasteiger partial charge on any atom is -0.456 e. The highest BCUT2D eigenvalue weighted by molar-refractivity contribution is 6.32. The molecule has 1 amide bonds. The quantitative estimate of drug-likeness (QED) is 0.863. The summed E-state index contributed by atoms with van der Waals surface area (Å²) in [5.41, 5.74) is 0.455. The highest BCUT2D eigenvalue weighted by Crippen LogP contribution is 2.30. The fourth-order valence-corrected chi connectivity index (χ4v) is 2.45. The van der Waals surface area contributed by atoms with Gasteiger partial charge < -0.3 is 14.7 Å². The van der Waals surface area contributed by atoms with Crippen LogP contribution < -0.4 is 4.74 Å². The number of rotatable bonds is 6. The predicted molar refractivity (Wildman–Crippen MR) is 93.6 cm³/mol. The summed E-state index contributed by atoms with van der Waals surface area (Å²) in [7, 11) is 0. The average Bonchev–Trinajstić information content (AvgIpc) is 2.54. The normalized spacial score (nSPS) is 12.1. The number of amides is 1. The number of ether oxygens (including phenoxy) is 1. The standard InChI is InChI=1S/C18H21ClN2O3/c1-12(2)21(11-13(3)22)18(23)14-4-5-17(16(19)10-14)24-15-6-8-20-9-7-15/h4-10,12-13,22H,11H2,1-3H3. The molecule has 1 N–H and O–H groups in total. The Balaban J connectivity index is 2.20. The summed E-state index contributed by atoms with van der Waals surface area (Å²) in [6, 6.07) is 8.33. The van der Waals surface area contributed by atoms with Crippen molar-refractivity contribution in [3.05, 3.63) is 53.3 Å². The van der Waals surface area contributed by atoms with Crippen molar-refractivity contribution < 1.29 is 14.6 Å².